The molecule has 0 aliphatic heterocycles. The van der Waals surface area contributed by atoms with Gasteiger partial charge in [0.2, 0.25) is 5.91 Å². The summed E-state index contributed by atoms with van der Waals surface area (Å²) in [6.45, 7) is 1.96. The number of rotatable bonds is 8. The molecule has 1 atom stereocenters. The van der Waals surface area contributed by atoms with Gasteiger partial charge in [0.15, 0.2) is 0 Å². The van der Waals surface area contributed by atoms with Crippen LogP contribution in [0.5, 0.6) is 5.75 Å². The number of likely N-dealkylation sites (N-methyl/N-ethyl adjacent to an activating group) is 1. The van der Waals surface area contributed by atoms with E-state index < -0.39 is 6.04 Å². The largest absolute Gasteiger partial charge is 0.492 e. The van der Waals surface area contributed by atoms with Crippen LogP contribution in [0.2, 0.25) is 0 Å². The van der Waals surface area contributed by atoms with Gasteiger partial charge in [-0.2, -0.15) is 0 Å². The minimum Gasteiger partial charge on any atom is -0.492 e. The first-order valence-electron chi connectivity index (χ1n) is 8.01. The van der Waals surface area contributed by atoms with Crippen LogP contribution in [0.4, 0.5) is 0 Å². The first kappa shape index (κ1) is 18.0. The van der Waals surface area contributed by atoms with Gasteiger partial charge in [-0.15, -0.1) is 0 Å². The van der Waals surface area contributed by atoms with Crippen LogP contribution in [-0.2, 0) is 11.3 Å². The van der Waals surface area contributed by atoms with Gasteiger partial charge in [-0.3, -0.25) is 4.79 Å². The highest BCUT2D eigenvalue weighted by molar-refractivity contribution is 5.82. The zero-order chi connectivity index (χ0) is 17.4. The number of carbonyl (C=O) groups excluding carboxylic acids is 1. The van der Waals surface area contributed by atoms with Gasteiger partial charge in [-0.25, -0.2) is 0 Å². The Morgan fingerprint density at radius 2 is 1.79 bits per heavy atom. The highest BCUT2D eigenvalue weighted by Crippen LogP contribution is 2.13. The lowest BCUT2D eigenvalue weighted by molar-refractivity contribution is -0.122. The number of nitrogens with one attached hydrogen (secondary N) is 1. The Morgan fingerprint density at radius 3 is 2.42 bits per heavy atom. The van der Waals surface area contributed by atoms with Gasteiger partial charge in [-0.05, 0) is 37.4 Å². The Kier molecular flexibility index (Phi) is 6.78. The summed E-state index contributed by atoms with van der Waals surface area (Å²) in [5, 5.41) is 2.86. The molecule has 0 fully saturated rings. The monoisotopic (exact) mass is 327 g/mol. The molecule has 5 heteroatoms. The van der Waals surface area contributed by atoms with E-state index in [1.807, 2.05) is 68.7 Å². The predicted molar refractivity (Wildman–Crippen MR) is 95.7 cm³/mol. The second kappa shape index (κ2) is 9.05. The fraction of sp³-hybridized carbons (Fsp3) is 0.316. The third kappa shape index (κ3) is 5.68. The number of amides is 1. The van der Waals surface area contributed by atoms with Crippen LogP contribution in [-0.4, -0.2) is 38.1 Å². The third-order valence-corrected chi connectivity index (χ3v) is 3.64. The molecule has 1 amide bonds. The van der Waals surface area contributed by atoms with Crippen molar-refractivity contribution in [1.82, 2.24) is 10.2 Å². The molecule has 2 rings (SSSR count). The molecule has 0 bridgehead atoms. The lowest BCUT2D eigenvalue weighted by atomic mass is 10.1. The summed E-state index contributed by atoms with van der Waals surface area (Å²) in [7, 11) is 4.02. The van der Waals surface area contributed by atoms with E-state index in [9.17, 15) is 4.79 Å². The van der Waals surface area contributed by atoms with Gasteiger partial charge in [0.1, 0.15) is 18.4 Å². The summed E-state index contributed by atoms with van der Waals surface area (Å²) in [4.78, 5) is 14.2. The SMILES string of the molecule is CN(C)CCOc1ccc(CNC(=O)C(N)c2ccccc2)cc1. The molecular weight excluding hydrogens is 302 g/mol. The van der Waals surface area contributed by atoms with E-state index in [1.165, 1.54) is 0 Å². The van der Waals surface area contributed by atoms with Gasteiger partial charge in [0, 0.05) is 13.1 Å². The van der Waals surface area contributed by atoms with Crippen LogP contribution in [0.15, 0.2) is 54.6 Å². The van der Waals surface area contributed by atoms with Crippen LogP contribution in [0.1, 0.15) is 17.2 Å². The summed E-state index contributed by atoms with van der Waals surface area (Å²) >= 11 is 0. The van der Waals surface area contributed by atoms with E-state index in [0.717, 1.165) is 23.4 Å². The fourth-order valence-electron chi connectivity index (χ4n) is 2.16. The van der Waals surface area contributed by atoms with Crippen molar-refractivity contribution in [2.45, 2.75) is 12.6 Å². The summed E-state index contributed by atoms with van der Waals surface area (Å²) in [5.74, 6) is 0.639. The van der Waals surface area contributed by atoms with Crippen molar-refractivity contribution in [3.8, 4) is 5.75 Å². The normalized spacial score (nSPS) is 12.0. The second-order valence-electron chi connectivity index (χ2n) is 5.90. The number of ether oxygens (including phenoxy) is 1. The Morgan fingerprint density at radius 1 is 1.12 bits per heavy atom. The predicted octanol–water partition coefficient (Wildman–Crippen LogP) is 1.94. The van der Waals surface area contributed by atoms with E-state index in [2.05, 4.69) is 10.2 Å². The lowest BCUT2D eigenvalue weighted by Gasteiger charge is -2.13. The van der Waals surface area contributed by atoms with Crippen molar-refractivity contribution in [1.29, 1.82) is 0 Å². The Hall–Kier alpha value is -2.37. The zero-order valence-corrected chi connectivity index (χ0v) is 14.2. The van der Waals surface area contributed by atoms with E-state index in [0.29, 0.717) is 13.2 Å². The summed E-state index contributed by atoms with van der Waals surface area (Å²) < 4.78 is 5.64. The van der Waals surface area contributed by atoms with Crippen LogP contribution in [0.25, 0.3) is 0 Å². The van der Waals surface area contributed by atoms with Crippen molar-refractivity contribution in [3.63, 3.8) is 0 Å². The maximum atomic E-state index is 12.1. The molecule has 0 heterocycles. The van der Waals surface area contributed by atoms with Crippen LogP contribution >= 0.6 is 0 Å². The minimum absolute atomic E-state index is 0.187. The van der Waals surface area contributed by atoms with E-state index in [1.54, 1.807) is 0 Å². The quantitative estimate of drug-likeness (QED) is 0.777. The van der Waals surface area contributed by atoms with Crippen molar-refractivity contribution in [2.24, 2.45) is 5.73 Å². The molecule has 0 radical (unpaired) electrons. The highest BCUT2D eigenvalue weighted by atomic mass is 16.5. The van der Waals surface area contributed by atoms with Crippen molar-refractivity contribution < 1.29 is 9.53 Å². The number of carbonyl (C=O) groups is 1. The van der Waals surface area contributed by atoms with Crippen LogP contribution in [0, 0.1) is 0 Å². The number of hydrogen-bond acceptors (Lipinski definition) is 4. The number of benzene rings is 2. The van der Waals surface area contributed by atoms with E-state index >= 15 is 0 Å². The van der Waals surface area contributed by atoms with Crippen LogP contribution in [0.3, 0.4) is 0 Å². The van der Waals surface area contributed by atoms with Crippen molar-refractivity contribution >= 4 is 5.91 Å². The van der Waals surface area contributed by atoms with Gasteiger partial charge in [0.25, 0.3) is 0 Å². The first-order chi connectivity index (χ1) is 11.6. The Bertz CT molecular complexity index is 627. The van der Waals surface area contributed by atoms with Gasteiger partial charge < -0.3 is 20.7 Å². The molecule has 0 saturated heterocycles. The van der Waals surface area contributed by atoms with E-state index in [-0.39, 0.29) is 5.91 Å². The molecule has 0 aliphatic rings. The number of nitrogens with zero attached hydrogens (tertiary/aromatic N) is 1. The fourth-order valence-corrected chi connectivity index (χ4v) is 2.16. The van der Waals surface area contributed by atoms with E-state index in [4.69, 9.17) is 10.5 Å². The molecule has 0 spiro atoms. The summed E-state index contributed by atoms with van der Waals surface area (Å²) in [6.07, 6.45) is 0. The van der Waals surface area contributed by atoms with Crippen molar-refractivity contribution in [2.75, 3.05) is 27.2 Å². The molecule has 2 aromatic rings. The summed E-state index contributed by atoms with van der Waals surface area (Å²) in [5.41, 5.74) is 7.78. The van der Waals surface area contributed by atoms with Crippen LogP contribution < -0.4 is 15.8 Å². The Balaban J connectivity index is 1.80. The molecule has 0 saturated carbocycles. The summed E-state index contributed by atoms with van der Waals surface area (Å²) in [6, 6.07) is 16.4. The molecule has 1 unspecified atom stereocenters. The topological polar surface area (TPSA) is 67.6 Å². The molecule has 5 nitrogen and oxygen atoms in total. The van der Waals surface area contributed by atoms with Crippen molar-refractivity contribution in [3.05, 3.63) is 65.7 Å². The van der Waals surface area contributed by atoms with Gasteiger partial charge in [-0.1, -0.05) is 42.5 Å². The standard InChI is InChI=1S/C19H25N3O2/c1-22(2)12-13-24-17-10-8-15(9-11-17)14-21-19(23)18(20)16-6-4-3-5-7-16/h3-11,18H,12-14,20H2,1-2H3,(H,21,23). The highest BCUT2D eigenvalue weighted by Gasteiger charge is 2.14. The molecule has 3 N–H and O–H groups in total. The van der Waals surface area contributed by atoms with Gasteiger partial charge in [0.05, 0.1) is 0 Å². The Labute approximate surface area is 143 Å². The first-order valence-corrected chi connectivity index (χ1v) is 8.01. The molecule has 2 aromatic carbocycles. The lowest BCUT2D eigenvalue weighted by Crippen LogP contribution is -2.33. The molecule has 128 valence electrons. The molecule has 24 heavy (non-hydrogen) atoms. The second-order valence-corrected chi connectivity index (χ2v) is 5.90. The minimum atomic E-state index is -0.653. The maximum absolute atomic E-state index is 12.1. The molecular formula is C19H25N3O2. The third-order valence-electron chi connectivity index (χ3n) is 3.64. The number of nitrogens with two attached hydrogens (primary N) is 1. The average Bonchev–Trinajstić information content (AvgIpc) is 2.60. The molecule has 0 aromatic heterocycles. The average molecular weight is 327 g/mol. The maximum Gasteiger partial charge on any atom is 0.241 e. The zero-order valence-electron chi connectivity index (χ0n) is 14.2. The van der Waals surface area contributed by atoms with Gasteiger partial charge >= 0.3 is 0 Å². The smallest absolute Gasteiger partial charge is 0.241 e. The number of hydrogen-bond donors (Lipinski definition) is 2. The molecule has 0 aliphatic carbocycles.